The van der Waals surface area contributed by atoms with Gasteiger partial charge in [0.05, 0.1) is 6.04 Å². The first-order valence-electron chi connectivity index (χ1n) is 5.89. The summed E-state index contributed by atoms with van der Waals surface area (Å²) in [6, 6.07) is 0.124. The van der Waals surface area contributed by atoms with E-state index in [2.05, 4.69) is 15.4 Å². The Hall–Kier alpha value is -1.43. The molecule has 2 heterocycles. The van der Waals surface area contributed by atoms with Crippen molar-refractivity contribution in [3.8, 4) is 0 Å². The van der Waals surface area contributed by atoms with Crippen molar-refractivity contribution < 1.29 is 9.90 Å². The van der Waals surface area contributed by atoms with Crippen molar-refractivity contribution in [2.75, 3.05) is 6.54 Å². The van der Waals surface area contributed by atoms with Crippen LogP contribution in [0.15, 0.2) is 0 Å². The third-order valence-corrected chi connectivity index (χ3v) is 3.19. The fourth-order valence-electron chi connectivity index (χ4n) is 2.46. The highest BCUT2D eigenvalue weighted by molar-refractivity contribution is 5.67. The second-order valence-electron chi connectivity index (χ2n) is 4.64. The van der Waals surface area contributed by atoms with Crippen molar-refractivity contribution in [3.05, 3.63) is 11.6 Å². The highest BCUT2D eigenvalue weighted by Crippen LogP contribution is 2.28. The van der Waals surface area contributed by atoms with E-state index in [1.54, 1.807) is 4.68 Å². The molecule has 1 saturated heterocycles. The number of carbonyl (C=O) groups is 1. The van der Waals surface area contributed by atoms with Crippen LogP contribution in [-0.4, -0.2) is 32.4 Å². The van der Waals surface area contributed by atoms with Crippen LogP contribution in [0.25, 0.3) is 0 Å². The van der Waals surface area contributed by atoms with E-state index in [1.807, 2.05) is 14.0 Å². The van der Waals surface area contributed by atoms with Gasteiger partial charge in [0.1, 0.15) is 11.6 Å². The predicted molar refractivity (Wildman–Crippen MR) is 61.5 cm³/mol. The van der Waals surface area contributed by atoms with Crippen LogP contribution in [0, 0.1) is 12.8 Å². The van der Waals surface area contributed by atoms with Crippen molar-refractivity contribution in [1.29, 1.82) is 0 Å². The van der Waals surface area contributed by atoms with Gasteiger partial charge in [-0.3, -0.25) is 9.48 Å². The lowest BCUT2D eigenvalue weighted by Crippen LogP contribution is -2.34. The van der Waals surface area contributed by atoms with Gasteiger partial charge in [0, 0.05) is 13.5 Å². The summed E-state index contributed by atoms with van der Waals surface area (Å²) in [5, 5.41) is 16.4. The number of carboxylic acid groups (broad SMARTS) is 1. The van der Waals surface area contributed by atoms with Crippen molar-refractivity contribution in [2.24, 2.45) is 13.0 Å². The zero-order chi connectivity index (χ0) is 12.4. The molecule has 94 valence electrons. The van der Waals surface area contributed by atoms with Crippen LogP contribution in [0.3, 0.4) is 0 Å². The van der Waals surface area contributed by atoms with Gasteiger partial charge in [-0.1, -0.05) is 0 Å². The number of piperidine rings is 1. The molecule has 0 bridgehead atoms. The van der Waals surface area contributed by atoms with Crippen LogP contribution in [0.2, 0.25) is 0 Å². The standard InChI is InChI=1S/C11H18N4O2/c1-7-13-11(15(2)14-7)9-5-8(3-4-12-9)6-10(16)17/h8-9,12H,3-6H2,1-2H3,(H,16,17). The number of rotatable bonds is 3. The lowest BCUT2D eigenvalue weighted by Gasteiger charge is -2.28. The number of aliphatic carboxylic acids is 1. The Kier molecular flexibility index (Phi) is 3.42. The number of aryl methyl sites for hydroxylation is 2. The smallest absolute Gasteiger partial charge is 0.303 e. The Labute approximate surface area is 100 Å². The van der Waals surface area contributed by atoms with Gasteiger partial charge < -0.3 is 10.4 Å². The fraction of sp³-hybridized carbons (Fsp3) is 0.727. The van der Waals surface area contributed by atoms with Crippen LogP contribution < -0.4 is 5.32 Å². The summed E-state index contributed by atoms with van der Waals surface area (Å²) < 4.78 is 1.77. The molecule has 1 aliphatic heterocycles. The van der Waals surface area contributed by atoms with Gasteiger partial charge in [0.2, 0.25) is 0 Å². The Morgan fingerprint density at radius 2 is 2.41 bits per heavy atom. The Morgan fingerprint density at radius 1 is 1.65 bits per heavy atom. The number of nitrogens with one attached hydrogen (secondary N) is 1. The number of hydrogen-bond acceptors (Lipinski definition) is 4. The maximum absolute atomic E-state index is 10.7. The molecule has 2 atom stereocenters. The number of carboxylic acids is 1. The summed E-state index contributed by atoms with van der Waals surface area (Å²) in [5.74, 6) is 1.17. The molecule has 2 unspecified atom stereocenters. The lowest BCUT2D eigenvalue weighted by molar-refractivity contribution is -0.138. The molecule has 17 heavy (non-hydrogen) atoms. The van der Waals surface area contributed by atoms with E-state index in [4.69, 9.17) is 5.11 Å². The summed E-state index contributed by atoms with van der Waals surface area (Å²) in [5.41, 5.74) is 0. The molecule has 0 aliphatic carbocycles. The van der Waals surface area contributed by atoms with Gasteiger partial charge in [0.15, 0.2) is 0 Å². The van der Waals surface area contributed by atoms with E-state index in [9.17, 15) is 4.79 Å². The molecule has 2 rings (SSSR count). The molecule has 1 aliphatic rings. The molecule has 0 aromatic carbocycles. The Morgan fingerprint density at radius 3 is 3.00 bits per heavy atom. The Bertz CT molecular complexity index is 416. The first-order chi connectivity index (χ1) is 8.06. The van der Waals surface area contributed by atoms with E-state index < -0.39 is 5.97 Å². The minimum atomic E-state index is -0.718. The van der Waals surface area contributed by atoms with Crippen LogP contribution in [0.1, 0.15) is 37.0 Å². The predicted octanol–water partition coefficient (Wildman–Crippen LogP) is 0.639. The quantitative estimate of drug-likeness (QED) is 0.807. The normalized spacial score (nSPS) is 24.8. The van der Waals surface area contributed by atoms with Gasteiger partial charge >= 0.3 is 5.97 Å². The Balaban J connectivity index is 2.06. The van der Waals surface area contributed by atoms with Crippen LogP contribution in [-0.2, 0) is 11.8 Å². The minimum Gasteiger partial charge on any atom is -0.481 e. The van der Waals surface area contributed by atoms with E-state index in [-0.39, 0.29) is 18.4 Å². The van der Waals surface area contributed by atoms with Crippen molar-refractivity contribution >= 4 is 5.97 Å². The number of aromatic nitrogens is 3. The highest BCUT2D eigenvalue weighted by atomic mass is 16.4. The molecule has 0 spiro atoms. The molecule has 2 N–H and O–H groups in total. The monoisotopic (exact) mass is 238 g/mol. The summed E-state index contributed by atoms with van der Waals surface area (Å²) in [6.45, 7) is 2.70. The average Bonchev–Trinajstić information content (AvgIpc) is 2.57. The summed E-state index contributed by atoms with van der Waals surface area (Å²) >= 11 is 0. The molecule has 1 fully saturated rings. The highest BCUT2D eigenvalue weighted by Gasteiger charge is 2.27. The maximum atomic E-state index is 10.7. The summed E-state index contributed by atoms with van der Waals surface area (Å²) in [6.07, 6.45) is 1.98. The van der Waals surface area contributed by atoms with Gasteiger partial charge in [-0.25, -0.2) is 4.98 Å². The van der Waals surface area contributed by atoms with Crippen LogP contribution >= 0.6 is 0 Å². The minimum absolute atomic E-state index is 0.124. The molecule has 0 radical (unpaired) electrons. The van der Waals surface area contributed by atoms with Gasteiger partial charge in [-0.2, -0.15) is 5.10 Å². The molecule has 1 aromatic rings. The van der Waals surface area contributed by atoms with Gasteiger partial charge in [0.25, 0.3) is 0 Å². The second-order valence-corrected chi connectivity index (χ2v) is 4.64. The average molecular weight is 238 g/mol. The van der Waals surface area contributed by atoms with Crippen molar-refractivity contribution in [2.45, 2.75) is 32.2 Å². The molecule has 0 saturated carbocycles. The van der Waals surface area contributed by atoms with E-state index in [0.717, 1.165) is 31.0 Å². The summed E-state index contributed by atoms with van der Waals surface area (Å²) in [4.78, 5) is 15.1. The topological polar surface area (TPSA) is 80.0 Å². The zero-order valence-corrected chi connectivity index (χ0v) is 10.2. The fourth-order valence-corrected chi connectivity index (χ4v) is 2.46. The first-order valence-corrected chi connectivity index (χ1v) is 5.89. The SMILES string of the molecule is Cc1nc(C2CC(CC(=O)O)CCN2)n(C)n1. The van der Waals surface area contributed by atoms with Crippen LogP contribution in [0.5, 0.6) is 0 Å². The second kappa shape index (κ2) is 4.83. The molecular weight excluding hydrogens is 220 g/mol. The van der Waals surface area contributed by atoms with Gasteiger partial charge in [-0.05, 0) is 32.2 Å². The van der Waals surface area contributed by atoms with E-state index in [0.29, 0.717) is 0 Å². The summed E-state index contributed by atoms with van der Waals surface area (Å²) in [7, 11) is 1.87. The third kappa shape index (κ3) is 2.82. The molecule has 0 amide bonds. The van der Waals surface area contributed by atoms with Crippen LogP contribution in [0.4, 0.5) is 0 Å². The number of nitrogens with zero attached hydrogens (tertiary/aromatic N) is 3. The third-order valence-electron chi connectivity index (χ3n) is 3.19. The number of hydrogen-bond donors (Lipinski definition) is 2. The molecule has 1 aromatic heterocycles. The molecule has 6 nitrogen and oxygen atoms in total. The maximum Gasteiger partial charge on any atom is 0.303 e. The zero-order valence-electron chi connectivity index (χ0n) is 10.2. The van der Waals surface area contributed by atoms with Crippen molar-refractivity contribution in [1.82, 2.24) is 20.1 Å². The largest absolute Gasteiger partial charge is 0.481 e. The lowest BCUT2D eigenvalue weighted by atomic mass is 9.89. The molecule has 6 heteroatoms. The van der Waals surface area contributed by atoms with E-state index >= 15 is 0 Å². The van der Waals surface area contributed by atoms with E-state index in [1.165, 1.54) is 0 Å². The van der Waals surface area contributed by atoms with Crippen molar-refractivity contribution in [3.63, 3.8) is 0 Å². The van der Waals surface area contributed by atoms with Gasteiger partial charge in [-0.15, -0.1) is 0 Å². The first kappa shape index (κ1) is 12.0. The molecular formula is C11H18N4O2.